The third-order valence-electron chi connectivity index (χ3n) is 4.82. The SMILES string of the molecule is O=C(O)CNC(=O)C1=C(O)CCN(C[C@H]2C[C@H](Oc3ccc(Cl)cc3)C2)C1=O. The van der Waals surface area contributed by atoms with Crippen LogP contribution in [-0.4, -0.2) is 58.6 Å². The van der Waals surface area contributed by atoms with Crippen LogP contribution in [0.15, 0.2) is 35.6 Å². The second-order valence-electron chi connectivity index (χ2n) is 6.93. The number of nitrogens with one attached hydrogen (secondary N) is 1. The highest BCUT2D eigenvalue weighted by Gasteiger charge is 2.37. The zero-order chi connectivity index (χ0) is 20.3. The Morgan fingerprint density at radius 3 is 2.57 bits per heavy atom. The quantitative estimate of drug-likeness (QED) is 0.592. The number of aliphatic carboxylic acids is 1. The van der Waals surface area contributed by atoms with Gasteiger partial charge in [-0.15, -0.1) is 0 Å². The average Bonchev–Trinajstić information content (AvgIpc) is 2.61. The molecule has 1 aliphatic heterocycles. The van der Waals surface area contributed by atoms with Crippen molar-refractivity contribution in [3.8, 4) is 5.75 Å². The summed E-state index contributed by atoms with van der Waals surface area (Å²) in [6.45, 7) is 0.164. The molecule has 1 aromatic carbocycles. The highest BCUT2D eigenvalue weighted by atomic mass is 35.5. The van der Waals surface area contributed by atoms with Gasteiger partial charge < -0.3 is 25.2 Å². The third kappa shape index (κ3) is 4.75. The molecule has 1 fully saturated rings. The average molecular weight is 409 g/mol. The largest absolute Gasteiger partial charge is 0.511 e. The number of nitrogens with zero attached hydrogens (tertiary/aromatic N) is 1. The van der Waals surface area contributed by atoms with Gasteiger partial charge in [0.2, 0.25) is 0 Å². The fourth-order valence-corrected chi connectivity index (χ4v) is 3.46. The second-order valence-corrected chi connectivity index (χ2v) is 7.37. The van der Waals surface area contributed by atoms with Crippen molar-refractivity contribution in [3.05, 3.63) is 40.6 Å². The molecule has 1 saturated carbocycles. The molecule has 0 unspecified atom stereocenters. The van der Waals surface area contributed by atoms with Crippen molar-refractivity contribution in [1.82, 2.24) is 10.2 Å². The van der Waals surface area contributed by atoms with Crippen LogP contribution in [-0.2, 0) is 14.4 Å². The van der Waals surface area contributed by atoms with E-state index in [0.29, 0.717) is 18.1 Å². The molecule has 1 aliphatic carbocycles. The molecule has 0 atom stereocenters. The Labute approximate surface area is 166 Å². The van der Waals surface area contributed by atoms with Crippen molar-refractivity contribution in [2.24, 2.45) is 5.92 Å². The molecule has 0 radical (unpaired) electrons. The van der Waals surface area contributed by atoms with E-state index < -0.39 is 24.3 Å². The van der Waals surface area contributed by atoms with Crippen LogP contribution in [0.3, 0.4) is 0 Å². The van der Waals surface area contributed by atoms with Gasteiger partial charge in [0.25, 0.3) is 11.8 Å². The van der Waals surface area contributed by atoms with Crippen LogP contribution in [0.1, 0.15) is 19.3 Å². The van der Waals surface area contributed by atoms with Crippen molar-refractivity contribution in [2.75, 3.05) is 19.6 Å². The zero-order valence-corrected chi connectivity index (χ0v) is 15.8. The number of rotatable bonds is 7. The minimum absolute atomic E-state index is 0.0633. The zero-order valence-electron chi connectivity index (χ0n) is 15.1. The van der Waals surface area contributed by atoms with Crippen LogP contribution in [0.4, 0.5) is 0 Å². The Kier molecular flexibility index (Phi) is 6.08. The van der Waals surface area contributed by atoms with E-state index in [0.717, 1.165) is 18.6 Å². The number of carbonyl (C=O) groups excluding carboxylic acids is 2. The van der Waals surface area contributed by atoms with Crippen LogP contribution < -0.4 is 10.1 Å². The maximum atomic E-state index is 12.6. The van der Waals surface area contributed by atoms with Gasteiger partial charge in [-0.1, -0.05) is 11.6 Å². The lowest BCUT2D eigenvalue weighted by Gasteiger charge is -2.39. The molecule has 0 bridgehead atoms. The molecule has 1 heterocycles. The number of carboxylic acid groups (broad SMARTS) is 1. The summed E-state index contributed by atoms with van der Waals surface area (Å²) in [6, 6.07) is 7.13. The molecule has 150 valence electrons. The fraction of sp³-hybridized carbons (Fsp3) is 0.421. The first-order chi connectivity index (χ1) is 13.3. The number of benzene rings is 1. The number of halogens is 1. The molecular formula is C19H21ClN2O6. The third-order valence-corrected chi connectivity index (χ3v) is 5.07. The van der Waals surface area contributed by atoms with Crippen molar-refractivity contribution in [1.29, 1.82) is 0 Å². The van der Waals surface area contributed by atoms with Crippen LogP contribution in [0, 0.1) is 5.92 Å². The maximum absolute atomic E-state index is 12.6. The van der Waals surface area contributed by atoms with E-state index >= 15 is 0 Å². The minimum Gasteiger partial charge on any atom is -0.511 e. The molecule has 3 N–H and O–H groups in total. The molecule has 2 amide bonds. The number of hydrogen-bond donors (Lipinski definition) is 3. The van der Waals surface area contributed by atoms with Gasteiger partial charge in [-0.05, 0) is 43.0 Å². The Morgan fingerprint density at radius 2 is 1.93 bits per heavy atom. The van der Waals surface area contributed by atoms with Gasteiger partial charge in [-0.2, -0.15) is 0 Å². The number of carbonyl (C=O) groups is 3. The van der Waals surface area contributed by atoms with Gasteiger partial charge in [0.1, 0.15) is 23.6 Å². The van der Waals surface area contributed by atoms with Gasteiger partial charge in [-0.25, -0.2) is 0 Å². The summed E-state index contributed by atoms with van der Waals surface area (Å²) in [5.41, 5.74) is -0.374. The Balaban J connectivity index is 1.50. The van der Waals surface area contributed by atoms with Crippen molar-refractivity contribution in [3.63, 3.8) is 0 Å². The molecular weight excluding hydrogens is 388 g/mol. The number of ether oxygens (including phenoxy) is 1. The van der Waals surface area contributed by atoms with Crippen LogP contribution in [0.25, 0.3) is 0 Å². The van der Waals surface area contributed by atoms with Gasteiger partial charge in [0, 0.05) is 24.5 Å². The predicted octanol–water partition coefficient (Wildman–Crippen LogP) is 1.74. The summed E-state index contributed by atoms with van der Waals surface area (Å²) in [7, 11) is 0. The molecule has 8 nitrogen and oxygen atoms in total. The van der Waals surface area contributed by atoms with E-state index in [2.05, 4.69) is 5.32 Å². The van der Waals surface area contributed by atoms with E-state index in [-0.39, 0.29) is 29.8 Å². The summed E-state index contributed by atoms with van der Waals surface area (Å²) in [6.07, 6.45) is 1.79. The number of amides is 2. The van der Waals surface area contributed by atoms with Crippen LogP contribution in [0.2, 0.25) is 5.02 Å². The first-order valence-electron chi connectivity index (χ1n) is 8.97. The summed E-state index contributed by atoms with van der Waals surface area (Å²) in [5.74, 6) is -1.99. The van der Waals surface area contributed by atoms with E-state index in [4.69, 9.17) is 21.4 Å². The van der Waals surface area contributed by atoms with E-state index in [1.807, 2.05) is 0 Å². The summed E-state index contributed by atoms with van der Waals surface area (Å²) in [5, 5.41) is 21.3. The minimum atomic E-state index is -1.23. The van der Waals surface area contributed by atoms with Crippen molar-refractivity contribution in [2.45, 2.75) is 25.4 Å². The highest BCUT2D eigenvalue weighted by molar-refractivity contribution is 6.30. The van der Waals surface area contributed by atoms with Gasteiger partial charge in [0.15, 0.2) is 0 Å². The molecule has 9 heteroatoms. The summed E-state index contributed by atoms with van der Waals surface area (Å²) >= 11 is 5.85. The Hall–Kier alpha value is -2.74. The first kappa shape index (κ1) is 20.0. The Bertz CT molecular complexity index is 801. The van der Waals surface area contributed by atoms with Crippen molar-refractivity contribution >= 4 is 29.4 Å². The van der Waals surface area contributed by atoms with E-state index in [1.165, 1.54) is 4.90 Å². The molecule has 0 saturated heterocycles. The fourth-order valence-electron chi connectivity index (χ4n) is 3.33. The molecule has 28 heavy (non-hydrogen) atoms. The summed E-state index contributed by atoms with van der Waals surface area (Å²) < 4.78 is 5.85. The lowest BCUT2D eigenvalue weighted by Crippen LogP contribution is -2.48. The van der Waals surface area contributed by atoms with Crippen molar-refractivity contribution < 1.29 is 29.3 Å². The number of aliphatic hydroxyl groups excluding tert-OH is 1. The van der Waals surface area contributed by atoms with Crippen LogP contribution in [0.5, 0.6) is 5.75 Å². The molecule has 2 aliphatic rings. The van der Waals surface area contributed by atoms with Gasteiger partial charge in [0.05, 0.1) is 6.10 Å². The standard InChI is InChI=1S/C19H21ClN2O6/c20-12-1-3-13(4-2-12)28-14-7-11(8-14)10-22-6-5-15(23)17(19(22)27)18(26)21-9-16(24)25/h1-4,11,14,23H,5-10H2,(H,21,26)(H,24,25)/t11-,14-. The predicted molar refractivity (Wildman–Crippen MR) is 100 cm³/mol. The number of aliphatic hydroxyl groups is 1. The molecule has 3 rings (SSSR count). The second kappa shape index (κ2) is 8.52. The highest BCUT2D eigenvalue weighted by Crippen LogP contribution is 2.33. The number of carboxylic acids is 1. The monoisotopic (exact) mass is 408 g/mol. The Morgan fingerprint density at radius 1 is 1.25 bits per heavy atom. The lowest BCUT2D eigenvalue weighted by atomic mass is 9.81. The lowest BCUT2D eigenvalue weighted by molar-refractivity contribution is -0.139. The first-order valence-corrected chi connectivity index (χ1v) is 9.35. The molecule has 0 spiro atoms. The van der Waals surface area contributed by atoms with Gasteiger partial charge in [-0.3, -0.25) is 14.4 Å². The molecule has 1 aromatic rings. The van der Waals surface area contributed by atoms with E-state index in [1.54, 1.807) is 24.3 Å². The van der Waals surface area contributed by atoms with Crippen LogP contribution >= 0.6 is 11.6 Å². The maximum Gasteiger partial charge on any atom is 0.322 e. The smallest absolute Gasteiger partial charge is 0.322 e. The normalized spacial score (nSPS) is 21.9. The van der Waals surface area contributed by atoms with Gasteiger partial charge >= 0.3 is 5.97 Å². The number of hydrogen-bond acceptors (Lipinski definition) is 5. The van der Waals surface area contributed by atoms with E-state index in [9.17, 15) is 19.5 Å². The topological polar surface area (TPSA) is 116 Å². The summed E-state index contributed by atoms with van der Waals surface area (Å²) in [4.78, 5) is 36.7. The molecule has 0 aromatic heterocycles.